The van der Waals surface area contributed by atoms with Gasteiger partial charge in [0.2, 0.25) is 5.91 Å². The van der Waals surface area contributed by atoms with Crippen molar-refractivity contribution in [2.45, 2.75) is 63.8 Å². The number of aliphatic hydroxyl groups is 1. The molecular weight excluding hydrogens is 214 g/mol. The number of nitrogens with one attached hydrogen (secondary N) is 1. The molecule has 0 spiro atoms. The second-order valence-electron chi connectivity index (χ2n) is 5.80. The van der Waals surface area contributed by atoms with Crippen molar-refractivity contribution in [1.82, 2.24) is 5.32 Å². The Hall–Kier alpha value is -0.570. The first-order valence-corrected chi connectivity index (χ1v) is 7.18. The molecule has 2 N–H and O–H groups in total. The van der Waals surface area contributed by atoms with Gasteiger partial charge in [0.15, 0.2) is 0 Å². The Morgan fingerprint density at radius 1 is 1.06 bits per heavy atom. The molecule has 3 nitrogen and oxygen atoms in total. The molecule has 0 aromatic heterocycles. The molecule has 2 aliphatic carbocycles. The summed E-state index contributed by atoms with van der Waals surface area (Å²) >= 11 is 0. The SMILES string of the molecule is O=C(CC1CCC1)NC1CCC(CCO)CC1. The second kappa shape index (κ2) is 6.39. The van der Waals surface area contributed by atoms with Crippen molar-refractivity contribution in [2.75, 3.05) is 6.61 Å². The van der Waals surface area contributed by atoms with Gasteiger partial charge in [0.05, 0.1) is 0 Å². The molecule has 2 aliphatic rings. The number of aliphatic hydroxyl groups excluding tert-OH is 1. The molecule has 98 valence electrons. The Labute approximate surface area is 104 Å². The Balaban J connectivity index is 1.61. The van der Waals surface area contributed by atoms with Crippen LogP contribution in [-0.2, 0) is 4.79 Å². The molecule has 2 saturated carbocycles. The van der Waals surface area contributed by atoms with Crippen molar-refractivity contribution < 1.29 is 9.90 Å². The van der Waals surface area contributed by atoms with Gasteiger partial charge in [-0.15, -0.1) is 0 Å². The highest BCUT2D eigenvalue weighted by Gasteiger charge is 2.24. The highest BCUT2D eigenvalue weighted by atomic mass is 16.3. The summed E-state index contributed by atoms with van der Waals surface area (Å²) in [7, 11) is 0. The lowest BCUT2D eigenvalue weighted by Gasteiger charge is -2.30. The Kier molecular flexibility index (Phi) is 4.84. The third kappa shape index (κ3) is 3.98. The van der Waals surface area contributed by atoms with Crippen LogP contribution in [0.3, 0.4) is 0 Å². The molecule has 3 heteroatoms. The fraction of sp³-hybridized carbons (Fsp3) is 0.929. The van der Waals surface area contributed by atoms with Crippen molar-refractivity contribution >= 4 is 5.91 Å². The predicted octanol–water partition coefficient (Wildman–Crippen LogP) is 2.23. The van der Waals surface area contributed by atoms with Crippen molar-refractivity contribution in [3.8, 4) is 0 Å². The lowest BCUT2D eigenvalue weighted by atomic mass is 9.82. The minimum atomic E-state index is 0.264. The molecule has 1 amide bonds. The Morgan fingerprint density at radius 2 is 1.76 bits per heavy atom. The molecule has 2 rings (SSSR count). The minimum Gasteiger partial charge on any atom is -0.396 e. The van der Waals surface area contributed by atoms with Crippen LogP contribution in [0.15, 0.2) is 0 Å². The third-order valence-corrected chi connectivity index (χ3v) is 4.45. The number of amides is 1. The highest BCUT2D eigenvalue weighted by molar-refractivity contribution is 5.76. The van der Waals surface area contributed by atoms with Crippen molar-refractivity contribution in [3.63, 3.8) is 0 Å². The van der Waals surface area contributed by atoms with E-state index in [1.807, 2.05) is 0 Å². The van der Waals surface area contributed by atoms with Crippen LogP contribution in [0.1, 0.15) is 57.8 Å². The number of hydrogen-bond donors (Lipinski definition) is 2. The van der Waals surface area contributed by atoms with E-state index in [-0.39, 0.29) is 5.91 Å². The van der Waals surface area contributed by atoms with E-state index >= 15 is 0 Å². The van der Waals surface area contributed by atoms with E-state index in [0.29, 0.717) is 24.5 Å². The first kappa shape index (κ1) is 12.9. The molecule has 0 unspecified atom stereocenters. The summed E-state index contributed by atoms with van der Waals surface area (Å²) in [5, 5.41) is 12.1. The van der Waals surface area contributed by atoms with E-state index in [9.17, 15) is 4.79 Å². The van der Waals surface area contributed by atoms with Gasteiger partial charge < -0.3 is 10.4 Å². The highest BCUT2D eigenvalue weighted by Crippen LogP contribution is 2.30. The molecule has 0 aromatic carbocycles. The summed E-state index contributed by atoms with van der Waals surface area (Å²) in [5.41, 5.74) is 0. The summed E-state index contributed by atoms with van der Waals surface area (Å²) in [6, 6.07) is 0.400. The lowest BCUT2D eigenvalue weighted by molar-refractivity contribution is -0.123. The average Bonchev–Trinajstić information content (AvgIpc) is 2.27. The fourth-order valence-electron chi connectivity index (χ4n) is 3.02. The summed E-state index contributed by atoms with van der Waals surface area (Å²) in [6.07, 6.45) is 10.0. The normalized spacial score (nSPS) is 29.7. The number of carbonyl (C=O) groups excluding carboxylic acids is 1. The largest absolute Gasteiger partial charge is 0.396 e. The molecule has 0 saturated heterocycles. The van der Waals surface area contributed by atoms with Crippen LogP contribution in [0.4, 0.5) is 0 Å². The van der Waals surface area contributed by atoms with E-state index in [0.717, 1.165) is 38.5 Å². The fourth-order valence-corrected chi connectivity index (χ4v) is 3.02. The lowest BCUT2D eigenvalue weighted by Crippen LogP contribution is -2.39. The van der Waals surface area contributed by atoms with Gasteiger partial charge in [0, 0.05) is 19.1 Å². The smallest absolute Gasteiger partial charge is 0.220 e. The van der Waals surface area contributed by atoms with E-state index in [1.165, 1.54) is 19.3 Å². The van der Waals surface area contributed by atoms with Gasteiger partial charge in [-0.25, -0.2) is 0 Å². The third-order valence-electron chi connectivity index (χ3n) is 4.45. The van der Waals surface area contributed by atoms with Gasteiger partial charge in [-0.1, -0.05) is 6.42 Å². The maximum atomic E-state index is 11.8. The predicted molar refractivity (Wildman–Crippen MR) is 67.5 cm³/mol. The summed E-state index contributed by atoms with van der Waals surface area (Å²) in [4.78, 5) is 11.8. The maximum absolute atomic E-state index is 11.8. The molecule has 0 aliphatic heterocycles. The van der Waals surface area contributed by atoms with Gasteiger partial charge in [0.1, 0.15) is 0 Å². The molecule has 17 heavy (non-hydrogen) atoms. The zero-order valence-corrected chi connectivity index (χ0v) is 10.7. The molecule has 0 heterocycles. The van der Waals surface area contributed by atoms with Gasteiger partial charge in [-0.2, -0.15) is 0 Å². The van der Waals surface area contributed by atoms with E-state index in [2.05, 4.69) is 5.32 Å². The standard InChI is InChI=1S/C14H25NO2/c16-9-8-11-4-6-13(7-5-11)15-14(17)10-12-2-1-3-12/h11-13,16H,1-10H2,(H,15,17). The average molecular weight is 239 g/mol. The molecule has 0 atom stereocenters. The molecule has 0 bridgehead atoms. The minimum absolute atomic E-state index is 0.264. The molecule has 2 fully saturated rings. The van der Waals surface area contributed by atoms with Crippen molar-refractivity contribution in [3.05, 3.63) is 0 Å². The van der Waals surface area contributed by atoms with Gasteiger partial charge in [-0.3, -0.25) is 4.79 Å². The zero-order valence-electron chi connectivity index (χ0n) is 10.7. The number of rotatable bonds is 5. The van der Waals surface area contributed by atoms with Crippen LogP contribution in [-0.4, -0.2) is 23.7 Å². The van der Waals surface area contributed by atoms with Crippen LogP contribution < -0.4 is 5.32 Å². The van der Waals surface area contributed by atoms with Gasteiger partial charge >= 0.3 is 0 Å². The summed E-state index contributed by atoms with van der Waals surface area (Å²) in [6.45, 7) is 0.309. The first-order valence-electron chi connectivity index (χ1n) is 7.18. The van der Waals surface area contributed by atoms with Crippen molar-refractivity contribution in [2.24, 2.45) is 11.8 Å². The number of carbonyl (C=O) groups is 1. The van der Waals surface area contributed by atoms with E-state index in [4.69, 9.17) is 5.11 Å². The topological polar surface area (TPSA) is 49.3 Å². The maximum Gasteiger partial charge on any atom is 0.220 e. The molecule has 0 aromatic rings. The summed E-state index contributed by atoms with van der Waals surface area (Å²) in [5.74, 6) is 1.61. The zero-order chi connectivity index (χ0) is 12.1. The van der Waals surface area contributed by atoms with E-state index in [1.54, 1.807) is 0 Å². The van der Waals surface area contributed by atoms with Crippen LogP contribution in [0.25, 0.3) is 0 Å². The molecular formula is C14H25NO2. The summed E-state index contributed by atoms with van der Waals surface area (Å²) < 4.78 is 0. The van der Waals surface area contributed by atoms with Gasteiger partial charge in [-0.05, 0) is 56.8 Å². The van der Waals surface area contributed by atoms with Crippen LogP contribution in [0.5, 0.6) is 0 Å². The first-order chi connectivity index (χ1) is 8.28. The Morgan fingerprint density at radius 3 is 2.29 bits per heavy atom. The quantitative estimate of drug-likeness (QED) is 0.773. The van der Waals surface area contributed by atoms with Gasteiger partial charge in [0.25, 0.3) is 0 Å². The van der Waals surface area contributed by atoms with Crippen LogP contribution in [0.2, 0.25) is 0 Å². The monoisotopic (exact) mass is 239 g/mol. The Bertz CT molecular complexity index is 243. The number of hydrogen-bond acceptors (Lipinski definition) is 2. The van der Waals surface area contributed by atoms with Crippen molar-refractivity contribution in [1.29, 1.82) is 0 Å². The molecule has 0 radical (unpaired) electrons. The second-order valence-corrected chi connectivity index (χ2v) is 5.80. The van der Waals surface area contributed by atoms with Crippen LogP contribution in [0, 0.1) is 11.8 Å². The van der Waals surface area contributed by atoms with E-state index < -0.39 is 0 Å². The van der Waals surface area contributed by atoms with Crippen LogP contribution >= 0.6 is 0 Å².